The maximum atomic E-state index is 6.15. The van der Waals surface area contributed by atoms with Crippen LogP contribution in [0, 0.1) is 5.92 Å². The third kappa shape index (κ3) is 3.74. The summed E-state index contributed by atoms with van der Waals surface area (Å²) < 4.78 is 0. The van der Waals surface area contributed by atoms with Crippen LogP contribution in [0.5, 0.6) is 0 Å². The van der Waals surface area contributed by atoms with Gasteiger partial charge in [0.1, 0.15) is 0 Å². The molecule has 3 heteroatoms. The summed E-state index contributed by atoms with van der Waals surface area (Å²) in [5.41, 5.74) is 1.03. The number of halogens is 2. The van der Waals surface area contributed by atoms with Crippen LogP contribution in [-0.4, -0.2) is 12.6 Å². The van der Waals surface area contributed by atoms with Gasteiger partial charge in [-0.3, -0.25) is 0 Å². The Balaban J connectivity index is 2.01. The van der Waals surface area contributed by atoms with Crippen molar-refractivity contribution in [3.8, 4) is 0 Å². The Morgan fingerprint density at radius 1 is 1.39 bits per heavy atom. The second-order valence-electron chi connectivity index (χ2n) is 4.88. The van der Waals surface area contributed by atoms with E-state index in [-0.39, 0.29) is 0 Å². The van der Waals surface area contributed by atoms with Gasteiger partial charge in [0.05, 0.1) is 0 Å². The van der Waals surface area contributed by atoms with Crippen LogP contribution in [0.4, 0.5) is 0 Å². The summed E-state index contributed by atoms with van der Waals surface area (Å²) in [6.45, 7) is 3.38. The zero-order chi connectivity index (χ0) is 13.0. The highest BCUT2D eigenvalue weighted by Gasteiger charge is 2.17. The fourth-order valence-corrected chi connectivity index (χ4v) is 2.88. The van der Waals surface area contributed by atoms with Crippen LogP contribution in [0.2, 0.25) is 10.0 Å². The van der Waals surface area contributed by atoms with Gasteiger partial charge in [0, 0.05) is 16.1 Å². The number of benzene rings is 1. The van der Waals surface area contributed by atoms with E-state index in [0.717, 1.165) is 18.0 Å². The second kappa shape index (κ2) is 6.60. The van der Waals surface area contributed by atoms with Crippen LogP contribution < -0.4 is 5.32 Å². The molecule has 1 N–H and O–H groups in total. The Morgan fingerprint density at radius 2 is 2.22 bits per heavy atom. The fourth-order valence-electron chi connectivity index (χ4n) is 2.41. The SMILES string of the molecule is CCC1CCNC(/C=C/c2ccc(Cl)cc2Cl)C1. The van der Waals surface area contributed by atoms with E-state index in [4.69, 9.17) is 23.2 Å². The average Bonchev–Trinajstić information content (AvgIpc) is 2.38. The van der Waals surface area contributed by atoms with E-state index in [1.54, 1.807) is 6.07 Å². The summed E-state index contributed by atoms with van der Waals surface area (Å²) in [5.74, 6) is 0.849. The summed E-state index contributed by atoms with van der Waals surface area (Å²) in [4.78, 5) is 0. The summed E-state index contributed by atoms with van der Waals surface area (Å²) in [6.07, 6.45) is 8.10. The van der Waals surface area contributed by atoms with Gasteiger partial charge < -0.3 is 5.32 Å². The van der Waals surface area contributed by atoms with E-state index >= 15 is 0 Å². The molecule has 0 aliphatic carbocycles. The number of hydrogen-bond donors (Lipinski definition) is 1. The molecule has 0 spiro atoms. The first-order valence-electron chi connectivity index (χ1n) is 6.55. The lowest BCUT2D eigenvalue weighted by molar-refractivity contribution is 0.326. The molecule has 2 rings (SSSR count). The van der Waals surface area contributed by atoms with Crippen LogP contribution in [0.1, 0.15) is 31.7 Å². The zero-order valence-electron chi connectivity index (χ0n) is 10.6. The van der Waals surface area contributed by atoms with E-state index in [0.29, 0.717) is 16.1 Å². The van der Waals surface area contributed by atoms with Gasteiger partial charge in [-0.1, -0.05) is 54.8 Å². The molecule has 2 atom stereocenters. The van der Waals surface area contributed by atoms with Gasteiger partial charge in [-0.2, -0.15) is 0 Å². The highest BCUT2D eigenvalue weighted by Crippen LogP contribution is 2.24. The zero-order valence-corrected chi connectivity index (χ0v) is 12.1. The molecule has 98 valence electrons. The van der Waals surface area contributed by atoms with E-state index in [1.165, 1.54) is 19.3 Å². The molecule has 1 aromatic rings. The van der Waals surface area contributed by atoms with Gasteiger partial charge in [-0.05, 0) is 43.0 Å². The Hall–Kier alpha value is -0.500. The van der Waals surface area contributed by atoms with Crippen molar-refractivity contribution in [2.24, 2.45) is 5.92 Å². The van der Waals surface area contributed by atoms with E-state index in [9.17, 15) is 0 Å². The Kier molecular flexibility index (Phi) is 5.11. The lowest BCUT2D eigenvalue weighted by atomic mass is 9.90. The van der Waals surface area contributed by atoms with Crippen molar-refractivity contribution < 1.29 is 0 Å². The first-order chi connectivity index (χ1) is 8.69. The molecule has 1 aliphatic heterocycles. The minimum Gasteiger partial charge on any atom is -0.310 e. The first-order valence-corrected chi connectivity index (χ1v) is 7.31. The summed E-state index contributed by atoms with van der Waals surface area (Å²) >= 11 is 12.0. The van der Waals surface area contributed by atoms with Crippen molar-refractivity contribution in [2.75, 3.05) is 6.54 Å². The van der Waals surface area contributed by atoms with E-state index < -0.39 is 0 Å². The predicted octanol–water partition coefficient (Wildman–Crippen LogP) is 4.78. The fraction of sp³-hybridized carbons (Fsp3) is 0.467. The standard InChI is InChI=1S/C15H19Cl2N/c1-2-11-7-8-18-14(9-11)6-4-12-3-5-13(16)10-15(12)17/h3-6,10-11,14,18H,2,7-9H2,1H3/b6-4+. The van der Waals surface area contributed by atoms with Crippen LogP contribution in [0.15, 0.2) is 24.3 Å². The highest BCUT2D eigenvalue weighted by atomic mass is 35.5. The molecule has 1 nitrogen and oxygen atoms in total. The largest absolute Gasteiger partial charge is 0.310 e. The molecule has 0 aromatic heterocycles. The molecular weight excluding hydrogens is 265 g/mol. The molecule has 0 bridgehead atoms. The van der Waals surface area contributed by atoms with Crippen molar-refractivity contribution in [3.05, 3.63) is 39.9 Å². The van der Waals surface area contributed by atoms with Crippen molar-refractivity contribution in [1.29, 1.82) is 0 Å². The normalized spacial score (nSPS) is 24.6. The molecule has 0 radical (unpaired) electrons. The van der Waals surface area contributed by atoms with Gasteiger partial charge >= 0.3 is 0 Å². The number of rotatable bonds is 3. The van der Waals surface area contributed by atoms with Gasteiger partial charge in [0.25, 0.3) is 0 Å². The Labute approximate surface area is 119 Å². The van der Waals surface area contributed by atoms with E-state index in [2.05, 4.69) is 24.4 Å². The van der Waals surface area contributed by atoms with Crippen LogP contribution in [0.25, 0.3) is 6.08 Å². The second-order valence-corrected chi connectivity index (χ2v) is 5.73. The predicted molar refractivity (Wildman–Crippen MR) is 80.3 cm³/mol. The van der Waals surface area contributed by atoms with Gasteiger partial charge in [-0.25, -0.2) is 0 Å². The lowest BCUT2D eigenvalue weighted by Crippen LogP contribution is -2.36. The van der Waals surface area contributed by atoms with Crippen molar-refractivity contribution in [3.63, 3.8) is 0 Å². The third-order valence-electron chi connectivity index (χ3n) is 3.59. The van der Waals surface area contributed by atoms with Gasteiger partial charge in [0.15, 0.2) is 0 Å². The highest BCUT2D eigenvalue weighted by molar-refractivity contribution is 6.35. The first kappa shape index (κ1) is 13.9. The molecule has 0 amide bonds. The molecule has 1 aromatic carbocycles. The van der Waals surface area contributed by atoms with Crippen molar-refractivity contribution in [1.82, 2.24) is 5.32 Å². The maximum absolute atomic E-state index is 6.15. The molecule has 0 saturated carbocycles. The molecule has 1 aliphatic rings. The van der Waals surface area contributed by atoms with Crippen LogP contribution in [0.3, 0.4) is 0 Å². The summed E-state index contributed by atoms with van der Waals surface area (Å²) in [5, 5.41) is 4.92. The number of nitrogens with one attached hydrogen (secondary N) is 1. The van der Waals surface area contributed by atoms with Crippen molar-refractivity contribution >= 4 is 29.3 Å². The third-order valence-corrected chi connectivity index (χ3v) is 4.16. The number of piperidine rings is 1. The molecule has 18 heavy (non-hydrogen) atoms. The van der Waals surface area contributed by atoms with Crippen molar-refractivity contribution in [2.45, 2.75) is 32.2 Å². The molecule has 1 heterocycles. The number of hydrogen-bond acceptors (Lipinski definition) is 1. The summed E-state index contributed by atoms with van der Waals surface area (Å²) in [7, 11) is 0. The monoisotopic (exact) mass is 283 g/mol. The lowest BCUT2D eigenvalue weighted by Gasteiger charge is -2.27. The topological polar surface area (TPSA) is 12.0 Å². The molecular formula is C15H19Cl2N. The smallest absolute Gasteiger partial charge is 0.0493 e. The van der Waals surface area contributed by atoms with Crippen LogP contribution >= 0.6 is 23.2 Å². The Morgan fingerprint density at radius 3 is 2.94 bits per heavy atom. The maximum Gasteiger partial charge on any atom is 0.0493 e. The summed E-state index contributed by atoms with van der Waals surface area (Å²) in [6, 6.07) is 6.08. The quantitative estimate of drug-likeness (QED) is 0.841. The minimum atomic E-state index is 0.468. The van der Waals surface area contributed by atoms with Crippen LogP contribution in [-0.2, 0) is 0 Å². The van der Waals surface area contributed by atoms with E-state index in [1.807, 2.05) is 12.1 Å². The molecule has 2 unspecified atom stereocenters. The molecule has 1 saturated heterocycles. The van der Waals surface area contributed by atoms with Gasteiger partial charge in [0.2, 0.25) is 0 Å². The average molecular weight is 284 g/mol. The van der Waals surface area contributed by atoms with Gasteiger partial charge in [-0.15, -0.1) is 0 Å². The Bertz CT molecular complexity index is 429. The minimum absolute atomic E-state index is 0.468. The molecule has 1 fully saturated rings.